The molecule has 0 spiro atoms. The highest BCUT2D eigenvalue weighted by molar-refractivity contribution is 7.10. The van der Waals surface area contributed by atoms with Crippen LogP contribution in [0.1, 0.15) is 34.5 Å². The number of anilines is 1. The van der Waals surface area contributed by atoms with Crippen molar-refractivity contribution in [3.8, 4) is 5.75 Å². The zero-order valence-electron chi connectivity index (χ0n) is 20.4. The zero-order chi connectivity index (χ0) is 25.3. The third kappa shape index (κ3) is 6.17. The van der Waals surface area contributed by atoms with Gasteiger partial charge in [-0.3, -0.25) is 19.5 Å². The normalized spacial score (nSPS) is 11.5. The molecule has 36 heavy (non-hydrogen) atoms. The van der Waals surface area contributed by atoms with Crippen LogP contribution in [0.5, 0.6) is 5.75 Å². The molecule has 6 nitrogen and oxygen atoms in total. The highest BCUT2D eigenvalue weighted by Gasteiger charge is 2.33. The lowest BCUT2D eigenvalue weighted by Gasteiger charge is -2.31. The molecule has 0 saturated carbocycles. The van der Waals surface area contributed by atoms with Gasteiger partial charge in [-0.1, -0.05) is 49.4 Å². The van der Waals surface area contributed by atoms with Crippen LogP contribution in [-0.2, 0) is 29.0 Å². The number of hydrogen-bond acceptors (Lipinski definition) is 5. The topological polar surface area (TPSA) is 71.5 Å². The van der Waals surface area contributed by atoms with Crippen molar-refractivity contribution in [1.82, 2.24) is 10.3 Å². The first kappa shape index (κ1) is 25.1. The van der Waals surface area contributed by atoms with Crippen LogP contribution in [0.15, 0.2) is 90.6 Å². The van der Waals surface area contributed by atoms with Gasteiger partial charge in [-0.05, 0) is 58.8 Å². The van der Waals surface area contributed by atoms with Crippen LogP contribution >= 0.6 is 11.3 Å². The third-order valence-corrected chi connectivity index (χ3v) is 6.81. The number of carbonyl (C=O) groups excluding carboxylic acids is 2. The summed E-state index contributed by atoms with van der Waals surface area (Å²) in [6.07, 6.45) is 4.36. The molecule has 1 unspecified atom stereocenters. The van der Waals surface area contributed by atoms with E-state index in [1.165, 1.54) is 11.3 Å². The number of aryl methyl sites for hydroxylation is 1. The van der Waals surface area contributed by atoms with Gasteiger partial charge < -0.3 is 10.1 Å². The van der Waals surface area contributed by atoms with Gasteiger partial charge in [0.15, 0.2) is 0 Å². The number of methoxy groups -OCH3 is 1. The maximum absolute atomic E-state index is 13.8. The lowest BCUT2D eigenvalue weighted by Crippen LogP contribution is -2.44. The van der Waals surface area contributed by atoms with Crippen LogP contribution in [0.3, 0.4) is 0 Å². The minimum absolute atomic E-state index is 0.172. The van der Waals surface area contributed by atoms with Crippen LogP contribution in [0, 0.1) is 0 Å². The molecule has 1 N–H and O–H groups in total. The molecule has 0 bridgehead atoms. The summed E-state index contributed by atoms with van der Waals surface area (Å²) in [4.78, 5) is 34.2. The quantitative estimate of drug-likeness (QED) is 0.319. The van der Waals surface area contributed by atoms with Gasteiger partial charge in [0.2, 0.25) is 11.8 Å². The lowest BCUT2D eigenvalue weighted by atomic mass is 10.00. The highest BCUT2D eigenvalue weighted by Crippen LogP contribution is 2.29. The van der Waals surface area contributed by atoms with E-state index in [1.807, 2.05) is 72.1 Å². The van der Waals surface area contributed by atoms with Crippen LogP contribution in [0.25, 0.3) is 0 Å². The number of hydrogen-bond donors (Lipinski definition) is 1. The summed E-state index contributed by atoms with van der Waals surface area (Å²) in [6.45, 7) is 2.41. The van der Waals surface area contributed by atoms with Crippen LogP contribution < -0.4 is 15.0 Å². The van der Waals surface area contributed by atoms with Crippen LogP contribution in [0.4, 0.5) is 5.69 Å². The van der Waals surface area contributed by atoms with Crippen molar-refractivity contribution < 1.29 is 14.3 Å². The van der Waals surface area contributed by atoms with Crippen molar-refractivity contribution in [2.75, 3.05) is 12.0 Å². The van der Waals surface area contributed by atoms with Gasteiger partial charge in [0, 0.05) is 17.6 Å². The number of nitrogens with zero attached hydrogens (tertiary/aromatic N) is 2. The summed E-state index contributed by atoms with van der Waals surface area (Å²) >= 11 is 1.52. The summed E-state index contributed by atoms with van der Waals surface area (Å²) < 4.78 is 5.22. The van der Waals surface area contributed by atoms with E-state index in [2.05, 4.69) is 17.2 Å². The average Bonchev–Trinajstić information content (AvgIpc) is 3.44. The Balaban J connectivity index is 1.68. The summed E-state index contributed by atoms with van der Waals surface area (Å²) in [5.74, 6) is 0.314. The zero-order valence-corrected chi connectivity index (χ0v) is 21.2. The molecule has 4 aromatic rings. The second-order valence-corrected chi connectivity index (χ2v) is 9.33. The van der Waals surface area contributed by atoms with Crippen molar-refractivity contribution in [2.24, 2.45) is 0 Å². The van der Waals surface area contributed by atoms with Gasteiger partial charge in [0.1, 0.15) is 11.8 Å². The van der Waals surface area contributed by atoms with Crippen LogP contribution in [-0.4, -0.2) is 23.9 Å². The van der Waals surface area contributed by atoms with E-state index in [-0.39, 0.29) is 18.2 Å². The number of thiophene rings is 1. The van der Waals surface area contributed by atoms with Gasteiger partial charge in [-0.2, -0.15) is 0 Å². The molecule has 7 heteroatoms. The Labute approximate surface area is 215 Å². The predicted molar refractivity (Wildman–Crippen MR) is 143 cm³/mol. The summed E-state index contributed by atoms with van der Waals surface area (Å²) in [7, 11) is 1.62. The Bertz CT molecular complexity index is 1260. The van der Waals surface area contributed by atoms with E-state index >= 15 is 0 Å². The van der Waals surface area contributed by atoms with Gasteiger partial charge in [0.25, 0.3) is 0 Å². The number of nitrogens with one attached hydrogen (secondary N) is 1. The number of ether oxygens (including phenoxy) is 1. The second kappa shape index (κ2) is 12.1. The Hall–Kier alpha value is -3.97. The predicted octanol–water partition coefficient (Wildman–Crippen LogP) is 5.35. The number of benzene rings is 2. The SMILES string of the molecule is CCc1ccc(C(C(=O)NCc2ccc(OC)cc2)N(C(=O)Cc2cccs2)c2cccnc2)cc1. The van der Waals surface area contributed by atoms with E-state index in [9.17, 15) is 9.59 Å². The summed E-state index contributed by atoms with van der Waals surface area (Å²) in [6, 6.07) is 22.0. The van der Waals surface area contributed by atoms with E-state index in [4.69, 9.17) is 4.74 Å². The fourth-order valence-electron chi connectivity index (χ4n) is 3.96. The maximum Gasteiger partial charge on any atom is 0.248 e. The molecular weight excluding hydrogens is 470 g/mol. The van der Waals surface area contributed by atoms with Crippen LogP contribution in [0.2, 0.25) is 0 Å². The van der Waals surface area contributed by atoms with Crippen molar-refractivity contribution >= 4 is 28.8 Å². The lowest BCUT2D eigenvalue weighted by molar-refractivity contribution is -0.126. The Morgan fingerprint density at radius 2 is 1.75 bits per heavy atom. The Morgan fingerprint density at radius 3 is 2.36 bits per heavy atom. The molecule has 0 radical (unpaired) electrons. The second-order valence-electron chi connectivity index (χ2n) is 8.29. The molecule has 0 saturated heterocycles. The summed E-state index contributed by atoms with van der Waals surface area (Å²) in [5, 5.41) is 4.98. The third-order valence-electron chi connectivity index (χ3n) is 5.93. The van der Waals surface area contributed by atoms with Crippen molar-refractivity contribution in [3.63, 3.8) is 0 Å². The standard InChI is InChI=1S/C29H29N3O3S/c1-3-21-8-12-23(13-9-21)28(29(34)31-19-22-10-14-25(35-2)15-11-22)32(24-6-4-16-30-20-24)27(33)18-26-7-5-17-36-26/h4-17,20,28H,3,18-19H2,1-2H3,(H,31,34). The Kier molecular flexibility index (Phi) is 8.47. The molecule has 0 aliphatic heterocycles. The van der Waals surface area contributed by atoms with E-state index in [0.29, 0.717) is 12.2 Å². The molecule has 184 valence electrons. The molecule has 2 aromatic carbocycles. The number of rotatable bonds is 10. The van der Waals surface area contributed by atoms with E-state index in [1.54, 1.807) is 30.5 Å². The maximum atomic E-state index is 13.8. The number of aromatic nitrogens is 1. The molecule has 2 aromatic heterocycles. The first-order chi connectivity index (χ1) is 17.6. The highest BCUT2D eigenvalue weighted by atomic mass is 32.1. The average molecular weight is 500 g/mol. The number of pyridine rings is 1. The minimum Gasteiger partial charge on any atom is -0.497 e. The molecule has 2 heterocycles. The van der Waals surface area contributed by atoms with Gasteiger partial charge in [-0.15, -0.1) is 11.3 Å². The van der Waals surface area contributed by atoms with Crippen molar-refractivity contribution in [1.29, 1.82) is 0 Å². The largest absolute Gasteiger partial charge is 0.497 e. The van der Waals surface area contributed by atoms with Gasteiger partial charge in [-0.25, -0.2) is 0 Å². The number of amides is 2. The first-order valence-electron chi connectivity index (χ1n) is 11.8. The van der Waals surface area contributed by atoms with Gasteiger partial charge >= 0.3 is 0 Å². The van der Waals surface area contributed by atoms with Crippen molar-refractivity contribution in [3.05, 3.63) is 112 Å². The molecule has 0 aliphatic carbocycles. The fourth-order valence-corrected chi connectivity index (χ4v) is 4.66. The van der Waals surface area contributed by atoms with E-state index in [0.717, 1.165) is 33.7 Å². The molecule has 0 aliphatic rings. The van der Waals surface area contributed by atoms with Crippen molar-refractivity contribution in [2.45, 2.75) is 32.4 Å². The van der Waals surface area contributed by atoms with Gasteiger partial charge in [0.05, 0.1) is 25.4 Å². The molecule has 4 rings (SSSR count). The fraction of sp³-hybridized carbons (Fsp3) is 0.207. The molecule has 0 fully saturated rings. The molecule has 1 atom stereocenters. The number of carbonyl (C=O) groups is 2. The monoisotopic (exact) mass is 499 g/mol. The molecular formula is C29H29N3O3S. The van der Waals surface area contributed by atoms with E-state index < -0.39 is 6.04 Å². The molecule has 2 amide bonds. The Morgan fingerprint density at radius 1 is 1.00 bits per heavy atom. The summed E-state index contributed by atoms with van der Waals surface area (Å²) in [5.41, 5.74) is 3.40. The first-order valence-corrected chi connectivity index (χ1v) is 12.7. The smallest absolute Gasteiger partial charge is 0.248 e. The minimum atomic E-state index is -0.856.